The summed E-state index contributed by atoms with van der Waals surface area (Å²) < 4.78 is 41.5. The molecule has 2 aromatic carbocycles. The Bertz CT molecular complexity index is 840. The number of alkyl halides is 3. The van der Waals surface area contributed by atoms with Gasteiger partial charge in [-0.15, -0.1) is 0 Å². The maximum atomic E-state index is 12.3. The van der Waals surface area contributed by atoms with E-state index in [0.717, 1.165) is 26.2 Å². The number of hydrogen-bond donors (Lipinski definition) is 2. The number of piperazine rings is 1. The van der Waals surface area contributed by atoms with Crippen molar-refractivity contribution in [2.45, 2.75) is 19.1 Å². The van der Waals surface area contributed by atoms with Gasteiger partial charge in [-0.3, -0.25) is 4.90 Å². The van der Waals surface area contributed by atoms with Gasteiger partial charge in [0.2, 0.25) is 0 Å². The van der Waals surface area contributed by atoms with E-state index in [2.05, 4.69) is 39.5 Å². The van der Waals surface area contributed by atoms with Gasteiger partial charge in [-0.2, -0.15) is 13.2 Å². The molecule has 6 nitrogen and oxygen atoms in total. The number of nitrogens with one attached hydrogen (secondary N) is 2. The van der Waals surface area contributed by atoms with Crippen LogP contribution in [0.1, 0.15) is 6.92 Å². The molecule has 0 aliphatic carbocycles. The minimum absolute atomic E-state index is 0.0415. The van der Waals surface area contributed by atoms with Crippen molar-refractivity contribution in [3.05, 3.63) is 54.6 Å². The zero-order chi connectivity index (χ0) is 22.3. The lowest BCUT2D eigenvalue weighted by atomic mass is 10.2. The number of carbonyl (C=O) groups excluding carboxylic acids is 1. The number of benzene rings is 2. The smallest absolute Gasteiger partial charge is 0.422 e. The molecule has 1 aliphatic rings. The number of ether oxygens (including phenoxy) is 1. The third-order valence-corrected chi connectivity index (χ3v) is 5.11. The summed E-state index contributed by atoms with van der Waals surface area (Å²) in [5, 5.41) is 5.45. The van der Waals surface area contributed by atoms with Crippen molar-refractivity contribution < 1.29 is 22.7 Å². The highest BCUT2D eigenvalue weighted by atomic mass is 19.4. The number of carbonyl (C=O) groups is 1. The van der Waals surface area contributed by atoms with E-state index in [0.29, 0.717) is 12.2 Å². The van der Waals surface area contributed by atoms with Crippen molar-refractivity contribution in [2.75, 3.05) is 49.5 Å². The second kappa shape index (κ2) is 10.4. The second-order valence-corrected chi connectivity index (χ2v) is 7.47. The van der Waals surface area contributed by atoms with Crippen molar-refractivity contribution in [1.82, 2.24) is 10.2 Å². The molecule has 31 heavy (non-hydrogen) atoms. The number of amides is 2. The van der Waals surface area contributed by atoms with Crippen LogP contribution in [-0.4, -0.2) is 62.5 Å². The Morgan fingerprint density at radius 1 is 1.06 bits per heavy atom. The van der Waals surface area contributed by atoms with Crippen molar-refractivity contribution in [3.63, 3.8) is 0 Å². The van der Waals surface area contributed by atoms with Gasteiger partial charge < -0.3 is 20.3 Å². The first-order valence-corrected chi connectivity index (χ1v) is 10.2. The Hall–Kier alpha value is -2.94. The molecule has 2 aromatic rings. The molecule has 168 valence electrons. The number of urea groups is 1. The highest BCUT2D eigenvalue weighted by molar-refractivity contribution is 5.89. The first kappa shape index (κ1) is 22.7. The monoisotopic (exact) mass is 436 g/mol. The fourth-order valence-electron chi connectivity index (χ4n) is 3.43. The summed E-state index contributed by atoms with van der Waals surface area (Å²) in [5.74, 6) is 0.0415. The molecule has 1 saturated heterocycles. The van der Waals surface area contributed by atoms with Gasteiger partial charge in [-0.1, -0.05) is 24.3 Å². The van der Waals surface area contributed by atoms with Crippen LogP contribution in [0.4, 0.5) is 29.3 Å². The van der Waals surface area contributed by atoms with Gasteiger partial charge >= 0.3 is 12.2 Å². The van der Waals surface area contributed by atoms with E-state index in [1.807, 2.05) is 18.2 Å². The Balaban J connectivity index is 1.41. The van der Waals surface area contributed by atoms with E-state index in [9.17, 15) is 18.0 Å². The molecular formula is C22H27F3N4O2. The first-order valence-electron chi connectivity index (χ1n) is 10.2. The number of nitrogens with zero attached hydrogens (tertiary/aromatic N) is 2. The minimum atomic E-state index is -4.41. The first-order chi connectivity index (χ1) is 14.8. The number of rotatable bonds is 7. The van der Waals surface area contributed by atoms with E-state index in [1.165, 1.54) is 23.9 Å². The van der Waals surface area contributed by atoms with Crippen LogP contribution < -0.4 is 20.3 Å². The molecule has 0 aromatic heterocycles. The van der Waals surface area contributed by atoms with E-state index < -0.39 is 18.8 Å². The van der Waals surface area contributed by atoms with Crippen LogP contribution in [0.2, 0.25) is 0 Å². The lowest BCUT2D eigenvalue weighted by Gasteiger charge is -2.39. The van der Waals surface area contributed by atoms with Crippen LogP contribution >= 0.6 is 0 Å². The van der Waals surface area contributed by atoms with Crippen LogP contribution in [0.25, 0.3) is 0 Å². The molecule has 2 amide bonds. The third kappa shape index (κ3) is 7.36. The summed E-state index contributed by atoms with van der Waals surface area (Å²) in [6.45, 7) is 4.79. The molecule has 2 N–H and O–H groups in total. The average Bonchev–Trinajstić information content (AvgIpc) is 2.76. The van der Waals surface area contributed by atoms with E-state index in [1.54, 1.807) is 6.07 Å². The third-order valence-electron chi connectivity index (χ3n) is 5.11. The SMILES string of the molecule is CC(CNC(=O)Nc1cccc(OCC(F)(F)F)c1)N1CCN(c2ccccc2)CC1. The topological polar surface area (TPSA) is 56.8 Å². The summed E-state index contributed by atoms with van der Waals surface area (Å²) in [4.78, 5) is 16.9. The van der Waals surface area contributed by atoms with Crippen LogP contribution in [0, 0.1) is 0 Å². The van der Waals surface area contributed by atoms with Crippen LogP contribution in [0.15, 0.2) is 54.6 Å². The normalized spacial score (nSPS) is 15.9. The van der Waals surface area contributed by atoms with Gasteiger partial charge in [-0.25, -0.2) is 4.79 Å². The largest absolute Gasteiger partial charge is 0.484 e. The number of hydrogen-bond acceptors (Lipinski definition) is 4. The Morgan fingerprint density at radius 3 is 2.45 bits per heavy atom. The molecule has 1 aliphatic heterocycles. The molecule has 0 saturated carbocycles. The molecule has 9 heteroatoms. The fourth-order valence-corrected chi connectivity index (χ4v) is 3.43. The van der Waals surface area contributed by atoms with Gasteiger partial charge in [0, 0.05) is 56.2 Å². The molecule has 0 bridgehead atoms. The molecule has 0 spiro atoms. The van der Waals surface area contributed by atoms with Crippen LogP contribution in [0.5, 0.6) is 5.75 Å². The lowest BCUT2D eigenvalue weighted by Crippen LogP contribution is -2.52. The Morgan fingerprint density at radius 2 is 1.77 bits per heavy atom. The van der Waals surface area contributed by atoms with Crippen molar-refractivity contribution in [1.29, 1.82) is 0 Å². The summed E-state index contributed by atoms with van der Waals surface area (Å²) in [7, 11) is 0. The van der Waals surface area contributed by atoms with E-state index in [-0.39, 0.29) is 11.8 Å². The zero-order valence-corrected chi connectivity index (χ0v) is 17.4. The summed E-state index contributed by atoms with van der Waals surface area (Å²) >= 11 is 0. The summed E-state index contributed by atoms with van der Waals surface area (Å²) in [5.41, 5.74) is 1.58. The predicted molar refractivity (Wildman–Crippen MR) is 115 cm³/mol. The highest BCUT2D eigenvalue weighted by Gasteiger charge is 2.28. The number of anilines is 2. The summed E-state index contributed by atoms with van der Waals surface area (Å²) in [6.07, 6.45) is -4.41. The highest BCUT2D eigenvalue weighted by Crippen LogP contribution is 2.21. The minimum Gasteiger partial charge on any atom is -0.484 e. The molecule has 1 fully saturated rings. The van der Waals surface area contributed by atoms with Crippen LogP contribution in [-0.2, 0) is 0 Å². The van der Waals surface area contributed by atoms with Gasteiger partial charge in [0.1, 0.15) is 5.75 Å². The quantitative estimate of drug-likeness (QED) is 0.690. The zero-order valence-electron chi connectivity index (χ0n) is 17.4. The summed E-state index contributed by atoms with van der Waals surface area (Å²) in [6, 6.07) is 15.9. The maximum Gasteiger partial charge on any atom is 0.422 e. The molecular weight excluding hydrogens is 409 g/mol. The van der Waals surface area contributed by atoms with E-state index in [4.69, 9.17) is 4.74 Å². The molecule has 1 heterocycles. The molecule has 1 unspecified atom stereocenters. The molecule has 1 atom stereocenters. The lowest BCUT2D eigenvalue weighted by molar-refractivity contribution is -0.153. The van der Waals surface area contributed by atoms with Gasteiger partial charge in [0.25, 0.3) is 0 Å². The van der Waals surface area contributed by atoms with Crippen molar-refractivity contribution in [3.8, 4) is 5.75 Å². The van der Waals surface area contributed by atoms with E-state index >= 15 is 0 Å². The van der Waals surface area contributed by atoms with Crippen molar-refractivity contribution in [2.24, 2.45) is 0 Å². The number of para-hydroxylation sites is 1. The molecule has 3 rings (SSSR count). The molecule has 0 radical (unpaired) electrons. The average molecular weight is 436 g/mol. The fraction of sp³-hybridized carbons (Fsp3) is 0.409. The second-order valence-electron chi connectivity index (χ2n) is 7.47. The van der Waals surface area contributed by atoms with Gasteiger partial charge in [-0.05, 0) is 31.2 Å². The maximum absolute atomic E-state index is 12.3. The number of halogens is 3. The van der Waals surface area contributed by atoms with Gasteiger partial charge in [0.05, 0.1) is 0 Å². The van der Waals surface area contributed by atoms with Crippen LogP contribution in [0.3, 0.4) is 0 Å². The predicted octanol–water partition coefficient (Wildman–Crippen LogP) is 3.96. The Labute approximate surface area is 180 Å². The van der Waals surface area contributed by atoms with Gasteiger partial charge in [0.15, 0.2) is 6.61 Å². The Kier molecular flexibility index (Phi) is 7.62. The van der Waals surface area contributed by atoms with Crippen molar-refractivity contribution >= 4 is 17.4 Å². The standard InChI is InChI=1S/C22H27F3N4O2/c1-17(28-10-12-29(13-11-28)19-7-3-2-4-8-19)15-26-21(30)27-18-6-5-9-20(14-18)31-16-22(23,24)25/h2-9,14,17H,10-13,15-16H2,1H3,(H2,26,27,30).